The van der Waals surface area contributed by atoms with E-state index in [4.69, 9.17) is 5.73 Å². The minimum atomic E-state index is -4.48. The van der Waals surface area contributed by atoms with Crippen LogP contribution in [0.2, 0.25) is 0 Å². The summed E-state index contributed by atoms with van der Waals surface area (Å²) in [5.74, 6) is -1.20. The number of rotatable bonds is 3. The zero-order valence-electron chi connectivity index (χ0n) is 10.3. The van der Waals surface area contributed by atoms with Crippen LogP contribution in [0.25, 0.3) is 0 Å². The Kier molecular flexibility index (Phi) is 3.56. The molecule has 2 rings (SSSR count). The highest BCUT2D eigenvalue weighted by Gasteiger charge is 2.31. The first kappa shape index (κ1) is 14.2. The number of nitrogen functional groups attached to an aromatic ring is 1. The monoisotopic (exact) mass is 287 g/mol. The van der Waals surface area contributed by atoms with Crippen LogP contribution in [0.1, 0.15) is 5.56 Å². The number of alkyl halides is 3. The second kappa shape index (κ2) is 5.03. The van der Waals surface area contributed by atoms with Gasteiger partial charge in [0.05, 0.1) is 6.42 Å². The number of benzene rings is 1. The average Bonchev–Trinajstić information content (AvgIpc) is 2.62. The molecule has 1 aromatic rings. The summed E-state index contributed by atoms with van der Waals surface area (Å²) in [5, 5.41) is 1.73. The highest BCUT2D eigenvalue weighted by atomic mass is 19.4. The molecule has 0 radical (unpaired) electrons. The van der Waals surface area contributed by atoms with Crippen molar-refractivity contribution < 1.29 is 22.8 Å². The maximum atomic E-state index is 12.0. The predicted molar refractivity (Wildman–Crippen MR) is 66.0 cm³/mol. The predicted octanol–water partition coefficient (Wildman–Crippen LogP) is 0.836. The Morgan fingerprint density at radius 3 is 2.75 bits per heavy atom. The molecule has 0 bridgehead atoms. The maximum absolute atomic E-state index is 12.0. The molecule has 0 atom stereocenters. The zero-order chi connectivity index (χ0) is 14.9. The lowest BCUT2D eigenvalue weighted by Crippen LogP contribution is -2.42. The summed E-state index contributed by atoms with van der Waals surface area (Å²) < 4.78 is 35.9. The summed E-state index contributed by atoms with van der Waals surface area (Å²) in [6.07, 6.45) is -4.38. The summed E-state index contributed by atoms with van der Waals surface area (Å²) in [5.41, 5.74) is 7.24. The number of carbonyl (C=O) groups excluding carboxylic acids is 2. The van der Waals surface area contributed by atoms with E-state index in [-0.39, 0.29) is 12.3 Å². The third kappa shape index (κ3) is 3.19. The van der Waals surface area contributed by atoms with Crippen LogP contribution in [0.5, 0.6) is 0 Å². The van der Waals surface area contributed by atoms with Crippen LogP contribution in [-0.4, -0.2) is 31.1 Å². The molecule has 8 heteroatoms. The van der Waals surface area contributed by atoms with E-state index in [1.54, 1.807) is 23.5 Å². The molecule has 1 aliphatic heterocycles. The molecule has 5 nitrogen and oxygen atoms in total. The molecule has 1 heterocycles. The lowest BCUT2D eigenvalue weighted by Gasteiger charge is -2.17. The van der Waals surface area contributed by atoms with Gasteiger partial charge in [-0.1, -0.05) is 0 Å². The molecule has 0 aliphatic carbocycles. The number of carbonyl (C=O) groups is 2. The van der Waals surface area contributed by atoms with Crippen LogP contribution < -0.4 is 16.0 Å². The molecule has 108 valence electrons. The van der Waals surface area contributed by atoms with Crippen LogP contribution in [0, 0.1) is 0 Å². The van der Waals surface area contributed by atoms with Crippen LogP contribution in [-0.2, 0) is 16.0 Å². The molecule has 3 N–H and O–H groups in total. The SMILES string of the molecule is Nc1ccc2c(c1)CC(=O)N2CC(=O)NCC(F)(F)F. The first-order valence-corrected chi connectivity index (χ1v) is 5.78. The molecule has 1 aromatic carbocycles. The van der Waals surface area contributed by atoms with E-state index >= 15 is 0 Å². The van der Waals surface area contributed by atoms with Crippen molar-refractivity contribution in [3.63, 3.8) is 0 Å². The largest absolute Gasteiger partial charge is 0.405 e. The minimum Gasteiger partial charge on any atom is -0.399 e. The molecule has 1 aliphatic rings. The van der Waals surface area contributed by atoms with Gasteiger partial charge >= 0.3 is 6.18 Å². The Labute approximate surface area is 112 Å². The van der Waals surface area contributed by atoms with Gasteiger partial charge in [-0.05, 0) is 23.8 Å². The van der Waals surface area contributed by atoms with E-state index in [0.717, 1.165) is 4.90 Å². The Morgan fingerprint density at radius 2 is 2.10 bits per heavy atom. The van der Waals surface area contributed by atoms with Crippen molar-refractivity contribution in [1.82, 2.24) is 5.32 Å². The van der Waals surface area contributed by atoms with Crippen LogP contribution in [0.3, 0.4) is 0 Å². The van der Waals surface area contributed by atoms with Crippen molar-refractivity contribution in [2.24, 2.45) is 0 Å². The van der Waals surface area contributed by atoms with Gasteiger partial charge in [0.15, 0.2) is 0 Å². The number of nitrogens with one attached hydrogen (secondary N) is 1. The highest BCUT2D eigenvalue weighted by molar-refractivity contribution is 6.05. The second-order valence-corrected chi connectivity index (χ2v) is 4.44. The quantitative estimate of drug-likeness (QED) is 0.809. The molecule has 0 spiro atoms. The Balaban J connectivity index is 2.04. The van der Waals surface area contributed by atoms with Crippen molar-refractivity contribution in [1.29, 1.82) is 0 Å². The third-order valence-electron chi connectivity index (χ3n) is 2.82. The Morgan fingerprint density at radius 1 is 1.40 bits per heavy atom. The lowest BCUT2D eigenvalue weighted by molar-refractivity contribution is -0.137. The second-order valence-electron chi connectivity index (χ2n) is 4.44. The number of nitrogens with two attached hydrogens (primary N) is 1. The van der Waals surface area contributed by atoms with Crippen LogP contribution in [0.15, 0.2) is 18.2 Å². The van der Waals surface area contributed by atoms with E-state index in [2.05, 4.69) is 0 Å². The summed E-state index contributed by atoms with van der Waals surface area (Å²) in [7, 11) is 0. The number of fused-ring (bicyclic) bond motifs is 1. The van der Waals surface area contributed by atoms with Gasteiger partial charge in [-0.25, -0.2) is 0 Å². The van der Waals surface area contributed by atoms with Gasteiger partial charge < -0.3 is 16.0 Å². The molecule has 0 fully saturated rings. The van der Waals surface area contributed by atoms with E-state index in [0.29, 0.717) is 16.9 Å². The zero-order valence-corrected chi connectivity index (χ0v) is 10.3. The summed E-state index contributed by atoms with van der Waals surface area (Å²) in [6.45, 7) is -1.85. The Bertz CT molecular complexity index is 557. The third-order valence-corrected chi connectivity index (χ3v) is 2.82. The standard InChI is InChI=1S/C12H12F3N3O2/c13-12(14,15)6-17-10(19)5-18-9-2-1-8(16)3-7(9)4-11(18)20/h1-3H,4-6,16H2,(H,17,19). The van der Waals surface area contributed by atoms with Crippen molar-refractivity contribution in [3.8, 4) is 0 Å². The van der Waals surface area contributed by atoms with Gasteiger partial charge in [0.2, 0.25) is 11.8 Å². The minimum absolute atomic E-state index is 0.0902. The fourth-order valence-corrected chi connectivity index (χ4v) is 1.97. The molecular formula is C12H12F3N3O2. The van der Waals surface area contributed by atoms with Crippen molar-refractivity contribution in [2.75, 3.05) is 23.7 Å². The molecule has 20 heavy (non-hydrogen) atoms. The van der Waals surface area contributed by atoms with Crippen molar-refractivity contribution >= 4 is 23.2 Å². The summed E-state index contributed by atoms with van der Waals surface area (Å²) in [4.78, 5) is 24.4. The fraction of sp³-hybridized carbons (Fsp3) is 0.333. The van der Waals surface area contributed by atoms with Gasteiger partial charge in [-0.3, -0.25) is 9.59 Å². The first-order chi connectivity index (χ1) is 9.26. The molecule has 0 aromatic heterocycles. The summed E-state index contributed by atoms with van der Waals surface area (Å²) >= 11 is 0. The van der Waals surface area contributed by atoms with Crippen molar-refractivity contribution in [2.45, 2.75) is 12.6 Å². The maximum Gasteiger partial charge on any atom is 0.405 e. The topological polar surface area (TPSA) is 75.4 Å². The van der Waals surface area contributed by atoms with Crippen LogP contribution >= 0.6 is 0 Å². The van der Waals surface area contributed by atoms with E-state index in [9.17, 15) is 22.8 Å². The van der Waals surface area contributed by atoms with Crippen molar-refractivity contribution in [3.05, 3.63) is 23.8 Å². The molecule has 2 amide bonds. The van der Waals surface area contributed by atoms with Gasteiger partial charge in [0.1, 0.15) is 13.1 Å². The molecule has 0 saturated heterocycles. The molecule has 0 unspecified atom stereocenters. The van der Waals surface area contributed by atoms with Gasteiger partial charge in [0.25, 0.3) is 0 Å². The number of halogens is 3. The molecule has 0 saturated carbocycles. The van der Waals surface area contributed by atoms with Gasteiger partial charge in [-0.2, -0.15) is 13.2 Å². The summed E-state index contributed by atoms with van der Waals surface area (Å²) in [6, 6.07) is 4.76. The highest BCUT2D eigenvalue weighted by Crippen LogP contribution is 2.30. The fourth-order valence-electron chi connectivity index (χ4n) is 1.97. The average molecular weight is 287 g/mol. The number of nitrogens with zero attached hydrogens (tertiary/aromatic N) is 1. The number of hydrogen-bond acceptors (Lipinski definition) is 3. The van der Waals surface area contributed by atoms with E-state index in [1.165, 1.54) is 0 Å². The number of hydrogen-bond donors (Lipinski definition) is 2. The smallest absolute Gasteiger partial charge is 0.399 e. The lowest BCUT2D eigenvalue weighted by atomic mass is 10.1. The van der Waals surface area contributed by atoms with E-state index in [1.807, 2.05) is 0 Å². The molecular weight excluding hydrogens is 275 g/mol. The van der Waals surface area contributed by atoms with Gasteiger partial charge in [0, 0.05) is 11.4 Å². The van der Waals surface area contributed by atoms with Crippen LogP contribution in [0.4, 0.5) is 24.5 Å². The van der Waals surface area contributed by atoms with E-state index < -0.39 is 25.2 Å². The number of anilines is 2. The first-order valence-electron chi connectivity index (χ1n) is 5.78. The Hall–Kier alpha value is -2.25. The van der Waals surface area contributed by atoms with Gasteiger partial charge in [-0.15, -0.1) is 0 Å². The number of amides is 2. The normalized spacial score (nSPS) is 14.3.